The van der Waals surface area contributed by atoms with Crippen molar-refractivity contribution < 1.29 is 4.42 Å². The molecule has 0 spiro atoms. The number of nitrogen functional groups attached to an aromatic ring is 1. The van der Waals surface area contributed by atoms with E-state index in [9.17, 15) is 0 Å². The van der Waals surface area contributed by atoms with Gasteiger partial charge in [0.1, 0.15) is 11.5 Å². The number of hydrogen-bond acceptors (Lipinski definition) is 4. The van der Waals surface area contributed by atoms with Crippen LogP contribution in [-0.4, -0.2) is 14.6 Å². The quantitative estimate of drug-likeness (QED) is 0.742. The zero-order valence-electron chi connectivity index (χ0n) is 8.09. The van der Waals surface area contributed by atoms with Gasteiger partial charge in [-0.2, -0.15) is 9.61 Å². The van der Waals surface area contributed by atoms with E-state index in [1.54, 1.807) is 23.0 Å². The molecule has 0 aromatic carbocycles. The average molecular weight is 279 g/mol. The Morgan fingerprint density at radius 2 is 2.31 bits per heavy atom. The first-order valence-electron chi connectivity index (χ1n) is 4.59. The van der Waals surface area contributed by atoms with Crippen molar-refractivity contribution in [2.45, 2.75) is 0 Å². The van der Waals surface area contributed by atoms with Gasteiger partial charge in [0.2, 0.25) is 0 Å². The van der Waals surface area contributed by atoms with Crippen molar-refractivity contribution in [3.63, 3.8) is 0 Å². The standard InChI is InChI=1S/C10H7BrN4O/c11-6-5-13-15-9(12)4-7(14-10(6)15)8-2-1-3-16-8/h1-5H,12H2. The van der Waals surface area contributed by atoms with Crippen LogP contribution in [0.4, 0.5) is 5.82 Å². The molecule has 0 radical (unpaired) electrons. The maximum atomic E-state index is 5.87. The molecule has 3 heterocycles. The lowest BCUT2D eigenvalue weighted by Gasteiger charge is -2.01. The molecule has 3 rings (SSSR count). The summed E-state index contributed by atoms with van der Waals surface area (Å²) >= 11 is 3.37. The molecule has 0 fully saturated rings. The van der Waals surface area contributed by atoms with Crippen molar-refractivity contribution in [1.29, 1.82) is 0 Å². The summed E-state index contributed by atoms with van der Waals surface area (Å²) in [5.41, 5.74) is 7.24. The third-order valence-corrected chi connectivity index (χ3v) is 2.79. The Morgan fingerprint density at radius 1 is 1.44 bits per heavy atom. The molecule has 0 atom stereocenters. The van der Waals surface area contributed by atoms with Gasteiger partial charge >= 0.3 is 0 Å². The number of nitrogens with two attached hydrogens (primary N) is 1. The van der Waals surface area contributed by atoms with Crippen LogP contribution in [0.5, 0.6) is 0 Å². The number of hydrogen-bond donors (Lipinski definition) is 1. The minimum absolute atomic E-state index is 0.516. The molecule has 0 unspecified atom stereocenters. The second kappa shape index (κ2) is 3.34. The third-order valence-electron chi connectivity index (χ3n) is 2.23. The summed E-state index contributed by atoms with van der Waals surface area (Å²) in [6, 6.07) is 5.37. The zero-order chi connectivity index (χ0) is 11.1. The van der Waals surface area contributed by atoms with Gasteiger partial charge in [-0.3, -0.25) is 0 Å². The molecule has 80 valence electrons. The second-order valence-electron chi connectivity index (χ2n) is 3.27. The van der Waals surface area contributed by atoms with Crippen LogP contribution in [0.15, 0.2) is 39.5 Å². The Labute approximate surface area is 99.0 Å². The predicted molar refractivity (Wildman–Crippen MR) is 62.8 cm³/mol. The van der Waals surface area contributed by atoms with Gasteiger partial charge in [-0.15, -0.1) is 0 Å². The van der Waals surface area contributed by atoms with E-state index < -0.39 is 0 Å². The summed E-state index contributed by atoms with van der Waals surface area (Å²) < 4.78 is 7.64. The molecular formula is C10H7BrN4O. The number of rotatable bonds is 1. The van der Waals surface area contributed by atoms with Crippen LogP contribution in [0, 0.1) is 0 Å². The van der Waals surface area contributed by atoms with E-state index in [0.29, 0.717) is 22.9 Å². The lowest BCUT2D eigenvalue weighted by atomic mass is 10.3. The first-order chi connectivity index (χ1) is 7.75. The van der Waals surface area contributed by atoms with Crippen molar-refractivity contribution in [2.75, 3.05) is 5.73 Å². The first kappa shape index (κ1) is 9.41. The van der Waals surface area contributed by atoms with Gasteiger partial charge in [-0.25, -0.2) is 4.98 Å². The molecule has 3 aromatic rings. The highest BCUT2D eigenvalue weighted by atomic mass is 79.9. The molecule has 0 saturated heterocycles. The van der Waals surface area contributed by atoms with Gasteiger partial charge in [0, 0.05) is 6.07 Å². The van der Waals surface area contributed by atoms with Crippen molar-refractivity contribution in [3.8, 4) is 11.5 Å². The van der Waals surface area contributed by atoms with Crippen molar-refractivity contribution >= 4 is 27.4 Å². The van der Waals surface area contributed by atoms with Crippen LogP contribution in [0.25, 0.3) is 17.1 Å². The fourth-order valence-corrected chi connectivity index (χ4v) is 1.86. The molecule has 0 aliphatic heterocycles. The molecule has 6 heteroatoms. The second-order valence-corrected chi connectivity index (χ2v) is 4.13. The summed E-state index contributed by atoms with van der Waals surface area (Å²) in [4.78, 5) is 4.42. The molecule has 3 aromatic heterocycles. The lowest BCUT2D eigenvalue weighted by Crippen LogP contribution is -2.00. The van der Waals surface area contributed by atoms with Crippen LogP contribution >= 0.6 is 15.9 Å². The summed E-state index contributed by atoms with van der Waals surface area (Å²) in [6.07, 6.45) is 3.26. The van der Waals surface area contributed by atoms with Crippen LogP contribution < -0.4 is 5.73 Å². The SMILES string of the molecule is Nc1cc(-c2ccco2)nc2c(Br)cnn12. The van der Waals surface area contributed by atoms with E-state index in [2.05, 4.69) is 26.0 Å². The summed E-state index contributed by atoms with van der Waals surface area (Å²) in [5, 5.41) is 4.09. The number of fused-ring (bicyclic) bond motifs is 1. The van der Waals surface area contributed by atoms with Gasteiger partial charge in [-0.05, 0) is 28.1 Å². The molecule has 0 saturated carbocycles. The maximum absolute atomic E-state index is 5.87. The molecule has 0 aliphatic rings. The number of aromatic nitrogens is 3. The number of furan rings is 1. The Hall–Kier alpha value is -1.82. The highest BCUT2D eigenvalue weighted by Gasteiger charge is 2.10. The van der Waals surface area contributed by atoms with Gasteiger partial charge in [0.05, 0.1) is 16.9 Å². The topological polar surface area (TPSA) is 69.3 Å². The number of halogens is 1. The predicted octanol–water partition coefficient (Wildman–Crippen LogP) is 2.33. The largest absolute Gasteiger partial charge is 0.463 e. The smallest absolute Gasteiger partial charge is 0.172 e. The van der Waals surface area contributed by atoms with Crippen LogP contribution in [0.3, 0.4) is 0 Å². The Bertz CT molecular complexity index is 644. The fraction of sp³-hybridized carbons (Fsp3) is 0. The van der Waals surface area contributed by atoms with Crippen molar-refractivity contribution in [1.82, 2.24) is 14.6 Å². The van der Waals surface area contributed by atoms with Crippen molar-refractivity contribution in [2.24, 2.45) is 0 Å². The first-order valence-corrected chi connectivity index (χ1v) is 5.38. The normalized spacial score (nSPS) is 11.1. The molecule has 0 bridgehead atoms. The minimum atomic E-state index is 0.516. The highest BCUT2D eigenvalue weighted by Crippen LogP contribution is 2.24. The van der Waals surface area contributed by atoms with Crippen molar-refractivity contribution in [3.05, 3.63) is 35.1 Å². The lowest BCUT2D eigenvalue weighted by molar-refractivity contribution is 0.580. The Morgan fingerprint density at radius 3 is 3.06 bits per heavy atom. The summed E-state index contributed by atoms with van der Waals surface area (Å²) in [7, 11) is 0. The molecule has 0 aliphatic carbocycles. The van der Waals surface area contributed by atoms with Gasteiger partial charge in [0.25, 0.3) is 0 Å². The Balaban J connectivity index is 2.32. The van der Waals surface area contributed by atoms with E-state index in [1.807, 2.05) is 12.1 Å². The van der Waals surface area contributed by atoms with Gasteiger partial charge in [-0.1, -0.05) is 0 Å². The monoisotopic (exact) mass is 278 g/mol. The number of anilines is 1. The average Bonchev–Trinajstić information content (AvgIpc) is 2.88. The zero-order valence-corrected chi connectivity index (χ0v) is 9.68. The van der Waals surface area contributed by atoms with Gasteiger partial charge in [0.15, 0.2) is 11.4 Å². The summed E-state index contributed by atoms with van der Waals surface area (Å²) in [5.74, 6) is 1.20. The third kappa shape index (κ3) is 1.30. The van der Waals surface area contributed by atoms with E-state index in [-0.39, 0.29) is 0 Å². The molecule has 2 N–H and O–H groups in total. The molecule has 16 heavy (non-hydrogen) atoms. The van der Waals surface area contributed by atoms with E-state index >= 15 is 0 Å². The van der Waals surface area contributed by atoms with Crippen LogP contribution in [0.2, 0.25) is 0 Å². The number of nitrogens with zero attached hydrogens (tertiary/aromatic N) is 3. The molecule has 0 amide bonds. The van der Waals surface area contributed by atoms with E-state index in [4.69, 9.17) is 10.2 Å². The van der Waals surface area contributed by atoms with Crippen LogP contribution in [-0.2, 0) is 0 Å². The minimum Gasteiger partial charge on any atom is -0.463 e. The van der Waals surface area contributed by atoms with Gasteiger partial charge < -0.3 is 10.2 Å². The van der Waals surface area contributed by atoms with E-state index in [0.717, 1.165) is 4.47 Å². The molecular weight excluding hydrogens is 272 g/mol. The maximum Gasteiger partial charge on any atom is 0.172 e. The Kier molecular flexibility index (Phi) is 1.97. The molecule has 5 nitrogen and oxygen atoms in total. The highest BCUT2D eigenvalue weighted by molar-refractivity contribution is 9.10. The van der Waals surface area contributed by atoms with E-state index in [1.165, 1.54) is 0 Å². The summed E-state index contributed by atoms with van der Waals surface area (Å²) in [6.45, 7) is 0. The fourth-order valence-electron chi connectivity index (χ4n) is 1.51. The van der Waals surface area contributed by atoms with Crippen LogP contribution in [0.1, 0.15) is 0 Å².